The first-order valence-corrected chi connectivity index (χ1v) is 6.97. The molecular formula is C10H16BrN3OS. The van der Waals surface area contributed by atoms with Gasteiger partial charge in [0.05, 0.1) is 28.7 Å². The van der Waals surface area contributed by atoms with Gasteiger partial charge in [-0.25, -0.2) is 0 Å². The van der Waals surface area contributed by atoms with E-state index in [-0.39, 0.29) is 17.9 Å². The normalized spacial score (nSPS) is 14.5. The summed E-state index contributed by atoms with van der Waals surface area (Å²) in [5.74, 6) is 0. The molecule has 0 amide bonds. The molecule has 0 aromatic carbocycles. The molecule has 90 valence electrons. The Kier molecular flexibility index (Phi) is 5.37. The van der Waals surface area contributed by atoms with E-state index < -0.39 is 0 Å². The van der Waals surface area contributed by atoms with Crippen molar-refractivity contribution in [2.45, 2.75) is 18.2 Å². The number of hydrogen-bond donors (Lipinski definition) is 3. The Labute approximate surface area is 108 Å². The lowest BCUT2D eigenvalue weighted by molar-refractivity contribution is 0.288. The summed E-state index contributed by atoms with van der Waals surface area (Å²) >= 11 is 5.02. The maximum atomic E-state index is 9.20. The zero-order valence-corrected chi connectivity index (χ0v) is 11.7. The number of halogens is 1. The molecule has 16 heavy (non-hydrogen) atoms. The highest BCUT2D eigenvalue weighted by atomic mass is 79.9. The summed E-state index contributed by atoms with van der Waals surface area (Å²) in [6.45, 7) is 2.15. The van der Waals surface area contributed by atoms with Crippen LogP contribution in [-0.2, 0) is 0 Å². The van der Waals surface area contributed by atoms with Gasteiger partial charge in [0, 0.05) is 17.5 Å². The fraction of sp³-hybridized carbons (Fsp3) is 0.500. The highest BCUT2D eigenvalue weighted by molar-refractivity contribution is 9.10. The highest BCUT2D eigenvalue weighted by Gasteiger charge is 2.17. The summed E-state index contributed by atoms with van der Waals surface area (Å²) in [6.07, 6.45) is 5.27. The van der Waals surface area contributed by atoms with Crippen LogP contribution >= 0.6 is 27.7 Å². The first kappa shape index (κ1) is 13.6. The Morgan fingerprint density at radius 2 is 2.31 bits per heavy atom. The Morgan fingerprint density at radius 1 is 1.62 bits per heavy atom. The maximum absolute atomic E-state index is 9.20. The molecule has 0 aliphatic carbocycles. The molecular weight excluding hydrogens is 290 g/mol. The van der Waals surface area contributed by atoms with Crippen LogP contribution in [0.4, 0.5) is 11.4 Å². The van der Waals surface area contributed by atoms with Crippen LogP contribution in [-0.4, -0.2) is 34.2 Å². The zero-order valence-electron chi connectivity index (χ0n) is 9.27. The third-order valence-corrected chi connectivity index (χ3v) is 4.11. The molecule has 0 spiro atoms. The summed E-state index contributed by atoms with van der Waals surface area (Å²) in [4.78, 5) is 3.97. The van der Waals surface area contributed by atoms with E-state index in [0.717, 1.165) is 10.2 Å². The summed E-state index contributed by atoms with van der Waals surface area (Å²) in [6, 6.07) is 0.126. The van der Waals surface area contributed by atoms with Crippen molar-refractivity contribution >= 4 is 39.1 Å². The summed E-state index contributed by atoms with van der Waals surface area (Å²) < 4.78 is 0.831. The molecule has 0 bridgehead atoms. The van der Waals surface area contributed by atoms with Crippen LogP contribution in [0.25, 0.3) is 0 Å². The number of nitrogens with two attached hydrogens (primary N) is 1. The van der Waals surface area contributed by atoms with Gasteiger partial charge in [0.2, 0.25) is 0 Å². The van der Waals surface area contributed by atoms with Gasteiger partial charge in [0.1, 0.15) is 0 Å². The Morgan fingerprint density at radius 3 is 2.81 bits per heavy atom. The molecule has 0 radical (unpaired) electrons. The SMILES string of the molecule is CSC(CO)C(C)Nc1c(N)cncc1Br. The third-order valence-electron chi connectivity index (χ3n) is 2.34. The number of nitrogens with zero attached hydrogens (tertiary/aromatic N) is 1. The van der Waals surface area contributed by atoms with Crippen molar-refractivity contribution in [1.29, 1.82) is 0 Å². The Bertz CT molecular complexity index is 327. The number of anilines is 2. The van der Waals surface area contributed by atoms with Gasteiger partial charge in [-0.1, -0.05) is 0 Å². The number of thioether (sulfide) groups is 1. The Hall–Kier alpha value is -0.460. The number of hydrogen-bond acceptors (Lipinski definition) is 5. The van der Waals surface area contributed by atoms with Crippen LogP contribution in [0.2, 0.25) is 0 Å². The molecule has 6 heteroatoms. The highest BCUT2D eigenvalue weighted by Crippen LogP contribution is 2.28. The number of pyridine rings is 1. The molecule has 0 aliphatic heterocycles. The minimum atomic E-state index is 0.126. The van der Waals surface area contributed by atoms with Gasteiger partial charge >= 0.3 is 0 Å². The van der Waals surface area contributed by atoms with Gasteiger partial charge in [-0.3, -0.25) is 4.98 Å². The van der Waals surface area contributed by atoms with Gasteiger partial charge < -0.3 is 16.2 Å². The molecule has 0 saturated heterocycles. The van der Waals surface area contributed by atoms with Gasteiger partial charge in [0.15, 0.2) is 0 Å². The number of aromatic nitrogens is 1. The average molecular weight is 306 g/mol. The first-order chi connectivity index (χ1) is 7.60. The summed E-state index contributed by atoms with van der Waals surface area (Å²) in [7, 11) is 0. The summed E-state index contributed by atoms with van der Waals surface area (Å²) in [5, 5.41) is 12.6. The number of aliphatic hydroxyl groups is 1. The largest absolute Gasteiger partial charge is 0.396 e. The molecule has 1 rings (SSSR count). The maximum Gasteiger partial charge on any atom is 0.0752 e. The number of nitrogens with one attached hydrogen (secondary N) is 1. The second kappa shape index (κ2) is 6.32. The van der Waals surface area contributed by atoms with Crippen molar-refractivity contribution in [3.63, 3.8) is 0 Å². The predicted octanol–water partition coefficient (Wildman–Crippen LogP) is 1.95. The minimum absolute atomic E-state index is 0.126. The van der Waals surface area contributed by atoms with Crippen molar-refractivity contribution in [1.82, 2.24) is 4.98 Å². The van der Waals surface area contributed by atoms with Crippen LogP contribution < -0.4 is 11.1 Å². The van der Waals surface area contributed by atoms with Gasteiger partial charge in [-0.2, -0.15) is 11.8 Å². The van der Waals surface area contributed by atoms with E-state index in [4.69, 9.17) is 5.73 Å². The molecule has 4 N–H and O–H groups in total. The van der Waals surface area contributed by atoms with Gasteiger partial charge in [-0.05, 0) is 29.1 Å². The van der Waals surface area contributed by atoms with Crippen LogP contribution in [0.3, 0.4) is 0 Å². The van der Waals surface area contributed by atoms with E-state index in [1.54, 1.807) is 24.2 Å². The molecule has 0 aliphatic rings. The van der Waals surface area contributed by atoms with Crippen molar-refractivity contribution in [3.8, 4) is 0 Å². The van der Waals surface area contributed by atoms with Crippen LogP contribution in [0.1, 0.15) is 6.92 Å². The molecule has 2 unspecified atom stereocenters. The smallest absolute Gasteiger partial charge is 0.0752 e. The van der Waals surface area contributed by atoms with E-state index in [9.17, 15) is 5.11 Å². The van der Waals surface area contributed by atoms with Crippen molar-refractivity contribution in [3.05, 3.63) is 16.9 Å². The van der Waals surface area contributed by atoms with Crippen LogP contribution in [0.5, 0.6) is 0 Å². The van der Waals surface area contributed by atoms with E-state index in [0.29, 0.717) is 5.69 Å². The fourth-order valence-electron chi connectivity index (χ4n) is 1.36. The van der Waals surface area contributed by atoms with Crippen LogP contribution in [0.15, 0.2) is 16.9 Å². The van der Waals surface area contributed by atoms with Crippen LogP contribution in [0, 0.1) is 0 Å². The van der Waals surface area contributed by atoms with Crippen molar-refractivity contribution in [2.24, 2.45) is 0 Å². The van der Waals surface area contributed by atoms with Gasteiger partial charge in [-0.15, -0.1) is 0 Å². The zero-order chi connectivity index (χ0) is 12.1. The number of rotatable bonds is 5. The monoisotopic (exact) mass is 305 g/mol. The average Bonchev–Trinajstić information content (AvgIpc) is 2.25. The van der Waals surface area contributed by atoms with E-state index in [1.807, 2.05) is 13.2 Å². The quantitative estimate of drug-likeness (QED) is 0.775. The molecule has 1 aromatic heterocycles. The lowest BCUT2D eigenvalue weighted by Crippen LogP contribution is -2.31. The second-order valence-electron chi connectivity index (χ2n) is 3.48. The van der Waals surface area contributed by atoms with E-state index >= 15 is 0 Å². The molecule has 1 heterocycles. The number of nitrogen functional groups attached to an aromatic ring is 1. The van der Waals surface area contributed by atoms with Crippen molar-refractivity contribution < 1.29 is 5.11 Å². The molecule has 0 fully saturated rings. The van der Waals surface area contributed by atoms with E-state index in [2.05, 4.69) is 26.2 Å². The molecule has 1 aromatic rings. The standard InChI is InChI=1S/C10H16BrN3OS/c1-6(9(5-15)16-2)14-10-7(11)3-13-4-8(10)12/h3-4,6,9,15H,5,12H2,1-2H3,(H,13,14). The lowest BCUT2D eigenvalue weighted by Gasteiger charge is -2.23. The third kappa shape index (κ3) is 3.26. The van der Waals surface area contributed by atoms with Gasteiger partial charge in [0.25, 0.3) is 0 Å². The molecule has 2 atom stereocenters. The fourth-order valence-corrected chi connectivity index (χ4v) is 2.45. The molecule has 4 nitrogen and oxygen atoms in total. The van der Waals surface area contributed by atoms with E-state index in [1.165, 1.54) is 0 Å². The predicted molar refractivity (Wildman–Crippen MR) is 73.8 cm³/mol. The first-order valence-electron chi connectivity index (χ1n) is 4.89. The minimum Gasteiger partial charge on any atom is -0.396 e. The second-order valence-corrected chi connectivity index (χ2v) is 5.41. The summed E-state index contributed by atoms with van der Waals surface area (Å²) in [5.41, 5.74) is 7.25. The topological polar surface area (TPSA) is 71.2 Å². The lowest BCUT2D eigenvalue weighted by atomic mass is 10.2. The van der Waals surface area contributed by atoms with Crippen molar-refractivity contribution in [2.75, 3.05) is 23.9 Å². The number of aliphatic hydroxyl groups excluding tert-OH is 1. The molecule has 0 saturated carbocycles. The Balaban J connectivity index is 2.80.